The van der Waals surface area contributed by atoms with Crippen LogP contribution in [0.1, 0.15) is 21.9 Å². The zero-order chi connectivity index (χ0) is 18.6. The van der Waals surface area contributed by atoms with Crippen LogP contribution in [0.4, 0.5) is 5.69 Å². The SMILES string of the molecule is O=C(CCc1cc(-c2ccc(N3CCOCC3)cc2)no1)c1ccc(Cl)s1. The molecule has 140 valence electrons. The van der Waals surface area contributed by atoms with E-state index < -0.39 is 0 Å². The molecule has 0 spiro atoms. The monoisotopic (exact) mass is 402 g/mol. The van der Waals surface area contributed by atoms with Crippen LogP contribution < -0.4 is 4.90 Å². The molecule has 2 aromatic heterocycles. The summed E-state index contributed by atoms with van der Waals surface area (Å²) < 4.78 is 11.4. The number of carbonyl (C=O) groups is 1. The summed E-state index contributed by atoms with van der Waals surface area (Å²) >= 11 is 7.19. The third kappa shape index (κ3) is 4.40. The van der Waals surface area contributed by atoms with E-state index >= 15 is 0 Å². The minimum absolute atomic E-state index is 0.0692. The molecule has 27 heavy (non-hydrogen) atoms. The third-order valence-corrected chi connectivity index (χ3v) is 5.82. The predicted molar refractivity (Wildman–Crippen MR) is 107 cm³/mol. The van der Waals surface area contributed by atoms with Crippen molar-refractivity contribution >= 4 is 34.4 Å². The largest absolute Gasteiger partial charge is 0.378 e. The van der Waals surface area contributed by atoms with Gasteiger partial charge in [0.1, 0.15) is 11.5 Å². The van der Waals surface area contributed by atoms with E-state index in [4.69, 9.17) is 20.9 Å². The normalized spacial score (nSPS) is 14.5. The Morgan fingerprint density at radius 3 is 2.63 bits per heavy atom. The zero-order valence-corrected chi connectivity index (χ0v) is 16.3. The summed E-state index contributed by atoms with van der Waals surface area (Å²) in [6.45, 7) is 3.36. The van der Waals surface area contributed by atoms with E-state index in [0.717, 1.165) is 37.6 Å². The van der Waals surface area contributed by atoms with E-state index in [0.29, 0.717) is 27.8 Å². The van der Waals surface area contributed by atoms with Gasteiger partial charge in [-0.25, -0.2) is 0 Å². The maximum atomic E-state index is 12.2. The highest BCUT2D eigenvalue weighted by Gasteiger charge is 2.14. The molecular formula is C20H19ClN2O3S. The number of Topliss-reactive ketones (excluding diaryl/α,β-unsaturated/α-hetero) is 1. The maximum Gasteiger partial charge on any atom is 0.173 e. The summed E-state index contributed by atoms with van der Waals surface area (Å²) in [6, 6.07) is 13.7. The second-order valence-corrected chi connectivity index (χ2v) is 8.07. The van der Waals surface area contributed by atoms with Crippen LogP contribution in [0.25, 0.3) is 11.3 Å². The van der Waals surface area contributed by atoms with Crippen molar-refractivity contribution in [3.63, 3.8) is 0 Å². The van der Waals surface area contributed by atoms with Crippen LogP contribution >= 0.6 is 22.9 Å². The number of rotatable bonds is 6. The number of hydrogen-bond acceptors (Lipinski definition) is 6. The van der Waals surface area contributed by atoms with Gasteiger partial charge in [-0.05, 0) is 24.3 Å². The first-order chi connectivity index (χ1) is 13.2. The van der Waals surface area contributed by atoms with Crippen LogP contribution in [-0.4, -0.2) is 37.2 Å². The Balaban J connectivity index is 1.37. The first-order valence-electron chi connectivity index (χ1n) is 8.86. The maximum absolute atomic E-state index is 12.2. The third-order valence-electron chi connectivity index (χ3n) is 4.54. The number of thiophene rings is 1. The molecular weight excluding hydrogens is 384 g/mol. The number of morpholine rings is 1. The number of nitrogens with zero attached hydrogens (tertiary/aromatic N) is 2. The number of carbonyl (C=O) groups excluding carboxylic acids is 1. The van der Waals surface area contributed by atoms with Gasteiger partial charge in [0.05, 0.1) is 22.4 Å². The molecule has 0 amide bonds. The Morgan fingerprint density at radius 1 is 1.15 bits per heavy atom. The van der Waals surface area contributed by atoms with E-state index in [9.17, 15) is 4.79 Å². The first kappa shape index (κ1) is 18.2. The van der Waals surface area contributed by atoms with Crippen LogP contribution in [0.5, 0.6) is 0 Å². The van der Waals surface area contributed by atoms with Crippen molar-refractivity contribution in [2.24, 2.45) is 0 Å². The number of aromatic nitrogens is 1. The lowest BCUT2D eigenvalue weighted by atomic mass is 10.1. The van der Waals surface area contributed by atoms with Gasteiger partial charge in [-0.3, -0.25) is 4.79 Å². The van der Waals surface area contributed by atoms with Crippen LogP contribution in [0.3, 0.4) is 0 Å². The van der Waals surface area contributed by atoms with Crippen molar-refractivity contribution in [3.05, 3.63) is 57.4 Å². The molecule has 0 saturated carbocycles. The Bertz CT molecular complexity index is 913. The Kier molecular flexibility index (Phi) is 5.57. The Hall–Kier alpha value is -2.15. The van der Waals surface area contributed by atoms with Crippen molar-refractivity contribution in [3.8, 4) is 11.3 Å². The fourth-order valence-electron chi connectivity index (χ4n) is 3.06. The van der Waals surface area contributed by atoms with E-state index in [1.165, 1.54) is 17.0 Å². The predicted octanol–water partition coefficient (Wildman–Crippen LogP) is 4.71. The smallest absolute Gasteiger partial charge is 0.173 e. The van der Waals surface area contributed by atoms with Crippen molar-refractivity contribution in [2.75, 3.05) is 31.2 Å². The van der Waals surface area contributed by atoms with Gasteiger partial charge in [0.25, 0.3) is 0 Å². The van der Waals surface area contributed by atoms with Gasteiger partial charge in [0.2, 0.25) is 0 Å². The summed E-state index contributed by atoms with van der Waals surface area (Å²) in [4.78, 5) is 15.2. The van der Waals surface area contributed by atoms with Gasteiger partial charge in [-0.15, -0.1) is 11.3 Å². The lowest BCUT2D eigenvalue weighted by Gasteiger charge is -2.28. The average Bonchev–Trinajstić information content (AvgIpc) is 3.36. The van der Waals surface area contributed by atoms with Crippen LogP contribution in [0.2, 0.25) is 4.34 Å². The molecule has 3 heterocycles. The lowest BCUT2D eigenvalue weighted by Crippen LogP contribution is -2.36. The molecule has 1 aromatic carbocycles. The van der Waals surface area contributed by atoms with Crippen molar-refractivity contribution < 1.29 is 14.1 Å². The van der Waals surface area contributed by atoms with E-state index in [1.54, 1.807) is 12.1 Å². The van der Waals surface area contributed by atoms with Gasteiger partial charge in [-0.2, -0.15) is 0 Å². The molecule has 1 aliphatic rings. The number of anilines is 1. The van der Waals surface area contributed by atoms with Crippen LogP contribution in [-0.2, 0) is 11.2 Å². The molecule has 0 radical (unpaired) electrons. The fourth-order valence-corrected chi connectivity index (χ4v) is 4.07. The molecule has 1 fully saturated rings. The molecule has 1 aliphatic heterocycles. The number of aryl methyl sites for hydroxylation is 1. The number of ketones is 1. The molecule has 3 aromatic rings. The number of halogens is 1. The van der Waals surface area contributed by atoms with Gasteiger partial charge in [0.15, 0.2) is 5.78 Å². The van der Waals surface area contributed by atoms with Crippen LogP contribution in [0, 0.1) is 0 Å². The van der Waals surface area contributed by atoms with Gasteiger partial charge >= 0.3 is 0 Å². The summed E-state index contributed by atoms with van der Waals surface area (Å²) in [6.07, 6.45) is 0.897. The molecule has 7 heteroatoms. The zero-order valence-electron chi connectivity index (χ0n) is 14.7. The quantitative estimate of drug-likeness (QED) is 0.559. The standard InChI is InChI=1S/C20H19ClN2O3S/c21-20-8-7-19(27-20)18(24)6-5-16-13-17(22-26-16)14-1-3-15(4-2-14)23-9-11-25-12-10-23/h1-4,7-8,13H,5-6,9-12H2. The lowest BCUT2D eigenvalue weighted by molar-refractivity contribution is 0.0984. The number of hydrogen-bond donors (Lipinski definition) is 0. The molecule has 4 rings (SSSR count). The summed E-state index contributed by atoms with van der Waals surface area (Å²) in [5, 5.41) is 4.15. The molecule has 0 aliphatic carbocycles. The second-order valence-electron chi connectivity index (χ2n) is 6.35. The van der Waals surface area contributed by atoms with E-state index in [2.05, 4.69) is 22.2 Å². The second kappa shape index (κ2) is 8.25. The minimum Gasteiger partial charge on any atom is -0.378 e. The fraction of sp³-hybridized carbons (Fsp3) is 0.300. The highest BCUT2D eigenvalue weighted by Crippen LogP contribution is 2.25. The van der Waals surface area contributed by atoms with E-state index in [1.807, 2.05) is 18.2 Å². The Labute approximate surface area is 166 Å². The van der Waals surface area contributed by atoms with Gasteiger partial charge in [0, 0.05) is 43.2 Å². The molecule has 1 saturated heterocycles. The van der Waals surface area contributed by atoms with E-state index in [-0.39, 0.29) is 5.78 Å². The molecule has 0 N–H and O–H groups in total. The number of benzene rings is 1. The molecule has 5 nitrogen and oxygen atoms in total. The average molecular weight is 403 g/mol. The van der Waals surface area contributed by atoms with Crippen LogP contribution in [0.15, 0.2) is 47.0 Å². The van der Waals surface area contributed by atoms with Gasteiger partial charge < -0.3 is 14.2 Å². The summed E-state index contributed by atoms with van der Waals surface area (Å²) in [5.74, 6) is 0.776. The topological polar surface area (TPSA) is 55.6 Å². The highest BCUT2D eigenvalue weighted by atomic mass is 35.5. The Morgan fingerprint density at radius 2 is 1.93 bits per heavy atom. The minimum atomic E-state index is 0.0692. The first-order valence-corrected chi connectivity index (χ1v) is 10.1. The molecule has 0 bridgehead atoms. The number of ether oxygens (including phenoxy) is 1. The van der Waals surface area contributed by atoms with Crippen molar-refractivity contribution in [1.29, 1.82) is 0 Å². The van der Waals surface area contributed by atoms with Gasteiger partial charge in [-0.1, -0.05) is 28.9 Å². The van der Waals surface area contributed by atoms with Crippen molar-refractivity contribution in [2.45, 2.75) is 12.8 Å². The highest BCUT2D eigenvalue weighted by molar-refractivity contribution is 7.18. The molecule has 0 atom stereocenters. The summed E-state index contributed by atoms with van der Waals surface area (Å²) in [5.41, 5.74) is 2.97. The summed E-state index contributed by atoms with van der Waals surface area (Å²) in [7, 11) is 0. The molecule has 0 unspecified atom stereocenters. The van der Waals surface area contributed by atoms with Crippen molar-refractivity contribution in [1.82, 2.24) is 5.16 Å².